The van der Waals surface area contributed by atoms with Gasteiger partial charge in [-0.05, 0) is 52.4 Å². The Morgan fingerprint density at radius 1 is 1.21 bits per heavy atom. The summed E-state index contributed by atoms with van der Waals surface area (Å²) in [7, 11) is 0. The fourth-order valence-corrected chi connectivity index (χ4v) is 3.62. The molecule has 2 N–H and O–H groups in total. The Hall–Kier alpha value is -0.160. The van der Waals surface area contributed by atoms with Gasteiger partial charge in [-0.3, -0.25) is 9.80 Å². The zero-order chi connectivity index (χ0) is 13.7. The van der Waals surface area contributed by atoms with Crippen LogP contribution in [0.3, 0.4) is 0 Å². The SMILES string of the molecule is CCNC(C)(CO)CN1CCC(N2CCCCC2)C1. The minimum Gasteiger partial charge on any atom is -0.394 e. The summed E-state index contributed by atoms with van der Waals surface area (Å²) in [5.74, 6) is 0. The average molecular weight is 269 g/mol. The second-order valence-corrected chi connectivity index (χ2v) is 6.52. The molecule has 19 heavy (non-hydrogen) atoms. The van der Waals surface area contributed by atoms with Gasteiger partial charge >= 0.3 is 0 Å². The third-order valence-electron chi connectivity index (χ3n) is 4.68. The van der Waals surface area contributed by atoms with Crippen molar-refractivity contribution in [2.75, 3.05) is 45.9 Å². The molecule has 2 atom stereocenters. The first-order valence-electron chi connectivity index (χ1n) is 7.99. The zero-order valence-corrected chi connectivity index (χ0v) is 12.7. The number of aliphatic hydroxyl groups is 1. The molecule has 4 heteroatoms. The largest absolute Gasteiger partial charge is 0.394 e. The van der Waals surface area contributed by atoms with Crippen LogP contribution in [0.5, 0.6) is 0 Å². The van der Waals surface area contributed by atoms with Crippen LogP contribution < -0.4 is 5.32 Å². The molecule has 112 valence electrons. The summed E-state index contributed by atoms with van der Waals surface area (Å²) in [6, 6.07) is 0.755. The third-order valence-corrected chi connectivity index (χ3v) is 4.68. The molecule has 2 unspecified atom stereocenters. The summed E-state index contributed by atoms with van der Waals surface area (Å²) in [5, 5.41) is 13.0. The predicted molar refractivity (Wildman–Crippen MR) is 79.4 cm³/mol. The van der Waals surface area contributed by atoms with Gasteiger partial charge in [0.05, 0.1) is 12.1 Å². The molecule has 4 nitrogen and oxygen atoms in total. The van der Waals surface area contributed by atoms with E-state index in [1.54, 1.807) is 0 Å². The van der Waals surface area contributed by atoms with Gasteiger partial charge < -0.3 is 10.4 Å². The second-order valence-electron chi connectivity index (χ2n) is 6.52. The molecule has 0 aromatic heterocycles. The zero-order valence-electron chi connectivity index (χ0n) is 12.7. The van der Waals surface area contributed by atoms with Crippen molar-refractivity contribution in [2.24, 2.45) is 0 Å². The van der Waals surface area contributed by atoms with E-state index in [1.165, 1.54) is 51.9 Å². The Kier molecular flexibility index (Phi) is 5.63. The lowest BCUT2D eigenvalue weighted by molar-refractivity contribution is 0.121. The first kappa shape index (κ1) is 15.2. The predicted octanol–water partition coefficient (Wildman–Crippen LogP) is 0.907. The normalized spacial score (nSPS) is 29.5. The van der Waals surface area contributed by atoms with E-state index in [0.717, 1.165) is 19.1 Å². The lowest BCUT2D eigenvalue weighted by atomic mass is 10.0. The highest BCUT2D eigenvalue weighted by Crippen LogP contribution is 2.21. The van der Waals surface area contributed by atoms with E-state index in [4.69, 9.17) is 0 Å². The van der Waals surface area contributed by atoms with Crippen LogP contribution in [0, 0.1) is 0 Å². The van der Waals surface area contributed by atoms with Crippen LogP contribution in [0.1, 0.15) is 39.5 Å². The number of likely N-dealkylation sites (N-methyl/N-ethyl adjacent to an activating group) is 1. The molecule has 0 aromatic rings. The van der Waals surface area contributed by atoms with Gasteiger partial charge in [0.1, 0.15) is 0 Å². The summed E-state index contributed by atoms with van der Waals surface area (Å²) >= 11 is 0. The minimum atomic E-state index is -0.147. The Bertz CT molecular complexity index is 268. The number of hydrogen-bond donors (Lipinski definition) is 2. The van der Waals surface area contributed by atoms with Crippen molar-refractivity contribution < 1.29 is 5.11 Å². The van der Waals surface area contributed by atoms with Crippen LogP contribution >= 0.6 is 0 Å². The topological polar surface area (TPSA) is 38.7 Å². The Morgan fingerprint density at radius 3 is 2.58 bits per heavy atom. The Labute approximate surface area is 118 Å². The smallest absolute Gasteiger partial charge is 0.0623 e. The van der Waals surface area contributed by atoms with Gasteiger partial charge in [0, 0.05) is 19.1 Å². The first-order chi connectivity index (χ1) is 9.17. The molecule has 2 rings (SSSR count). The maximum absolute atomic E-state index is 9.59. The van der Waals surface area contributed by atoms with Crippen LogP contribution in [0.2, 0.25) is 0 Å². The highest BCUT2D eigenvalue weighted by molar-refractivity contribution is 4.91. The lowest BCUT2D eigenvalue weighted by Gasteiger charge is -2.35. The third kappa shape index (κ3) is 4.15. The molecule has 2 fully saturated rings. The molecule has 2 saturated heterocycles. The minimum absolute atomic E-state index is 0.147. The number of likely N-dealkylation sites (tertiary alicyclic amines) is 2. The summed E-state index contributed by atoms with van der Waals surface area (Å²) in [5.41, 5.74) is -0.147. The standard InChI is InChI=1S/C15H31N3O/c1-3-16-15(2,13-19)12-17-10-7-14(11-17)18-8-5-4-6-9-18/h14,16,19H,3-13H2,1-2H3. The van der Waals surface area contributed by atoms with Gasteiger partial charge in [0.15, 0.2) is 0 Å². The molecule has 0 aromatic carbocycles. The quantitative estimate of drug-likeness (QED) is 0.752. The monoisotopic (exact) mass is 269 g/mol. The fourth-order valence-electron chi connectivity index (χ4n) is 3.62. The number of rotatable bonds is 6. The molecule has 0 aliphatic carbocycles. The van der Waals surface area contributed by atoms with Gasteiger partial charge in [-0.15, -0.1) is 0 Å². The van der Waals surface area contributed by atoms with Crippen molar-refractivity contribution in [3.8, 4) is 0 Å². The molecule has 2 heterocycles. The maximum Gasteiger partial charge on any atom is 0.0623 e. The molecule has 0 spiro atoms. The van der Waals surface area contributed by atoms with Gasteiger partial charge in [0.25, 0.3) is 0 Å². The van der Waals surface area contributed by atoms with Gasteiger partial charge in [-0.2, -0.15) is 0 Å². The van der Waals surface area contributed by atoms with E-state index in [2.05, 4.69) is 29.0 Å². The highest BCUT2D eigenvalue weighted by atomic mass is 16.3. The maximum atomic E-state index is 9.59. The van der Waals surface area contributed by atoms with E-state index >= 15 is 0 Å². The fraction of sp³-hybridized carbons (Fsp3) is 1.00. The Morgan fingerprint density at radius 2 is 1.95 bits per heavy atom. The van der Waals surface area contributed by atoms with Crippen molar-refractivity contribution in [1.82, 2.24) is 15.1 Å². The van der Waals surface area contributed by atoms with Crippen molar-refractivity contribution >= 4 is 0 Å². The van der Waals surface area contributed by atoms with Crippen molar-refractivity contribution in [3.63, 3.8) is 0 Å². The number of piperidine rings is 1. The molecule has 2 aliphatic heterocycles. The Balaban J connectivity index is 1.80. The van der Waals surface area contributed by atoms with E-state index < -0.39 is 0 Å². The van der Waals surface area contributed by atoms with Crippen LogP contribution in [-0.2, 0) is 0 Å². The summed E-state index contributed by atoms with van der Waals surface area (Å²) < 4.78 is 0. The molecule has 0 radical (unpaired) electrons. The van der Waals surface area contributed by atoms with E-state index in [-0.39, 0.29) is 12.1 Å². The first-order valence-corrected chi connectivity index (χ1v) is 7.99. The molecule has 0 amide bonds. The number of nitrogens with zero attached hydrogens (tertiary/aromatic N) is 2. The molecule has 0 bridgehead atoms. The van der Waals surface area contributed by atoms with Crippen LogP contribution in [-0.4, -0.2) is 72.4 Å². The lowest BCUT2D eigenvalue weighted by Crippen LogP contribution is -2.54. The van der Waals surface area contributed by atoms with Crippen LogP contribution in [0.25, 0.3) is 0 Å². The van der Waals surface area contributed by atoms with Crippen molar-refractivity contribution in [3.05, 3.63) is 0 Å². The van der Waals surface area contributed by atoms with Gasteiger partial charge in [-0.1, -0.05) is 13.3 Å². The number of hydrogen-bond acceptors (Lipinski definition) is 4. The average Bonchev–Trinajstić information content (AvgIpc) is 2.88. The second kappa shape index (κ2) is 7.02. The molecule has 2 aliphatic rings. The summed E-state index contributed by atoms with van der Waals surface area (Å²) in [6.07, 6.45) is 5.47. The molecule has 0 saturated carbocycles. The van der Waals surface area contributed by atoms with E-state index in [9.17, 15) is 5.11 Å². The number of nitrogens with one attached hydrogen (secondary N) is 1. The molecular weight excluding hydrogens is 238 g/mol. The van der Waals surface area contributed by atoms with Crippen LogP contribution in [0.4, 0.5) is 0 Å². The van der Waals surface area contributed by atoms with E-state index in [1.807, 2.05) is 0 Å². The van der Waals surface area contributed by atoms with Gasteiger partial charge in [-0.25, -0.2) is 0 Å². The van der Waals surface area contributed by atoms with Crippen molar-refractivity contribution in [2.45, 2.75) is 51.1 Å². The van der Waals surface area contributed by atoms with E-state index in [0.29, 0.717) is 0 Å². The van der Waals surface area contributed by atoms with Crippen molar-refractivity contribution in [1.29, 1.82) is 0 Å². The number of aliphatic hydroxyl groups excluding tert-OH is 1. The van der Waals surface area contributed by atoms with Crippen LogP contribution in [0.15, 0.2) is 0 Å². The highest BCUT2D eigenvalue weighted by Gasteiger charge is 2.32. The van der Waals surface area contributed by atoms with Gasteiger partial charge in [0.2, 0.25) is 0 Å². The summed E-state index contributed by atoms with van der Waals surface area (Å²) in [6.45, 7) is 11.3. The summed E-state index contributed by atoms with van der Waals surface area (Å²) in [4.78, 5) is 5.21. The molecular formula is C15H31N3O.